The van der Waals surface area contributed by atoms with Gasteiger partial charge in [0.25, 0.3) is 0 Å². The Morgan fingerprint density at radius 2 is 1.89 bits per heavy atom. The Labute approximate surface area is 114 Å². The highest BCUT2D eigenvalue weighted by molar-refractivity contribution is 6.32. The Kier molecular flexibility index (Phi) is 5.66. The zero-order chi connectivity index (χ0) is 13.7. The van der Waals surface area contributed by atoms with Crippen molar-refractivity contribution in [3.8, 4) is 6.01 Å². The fraction of sp³-hybridized carbons (Fsp3) is 0.692. The van der Waals surface area contributed by atoms with Crippen LogP contribution in [-0.4, -0.2) is 23.6 Å². The predicted molar refractivity (Wildman–Crippen MR) is 75.2 cm³/mol. The molecular formula is C13H22ClN3O. The van der Waals surface area contributed by atoms with E-state index < -0.39 is 0 Å². The maximum absolute atomic E-state index is 6.05. The average molecular weight is 272 g/mol. The maximum Gasteiger partial charge on any atom is 0.318 e. The van der Waals surface area contributed by atoms with Gasteiger partial charge in [0.15, 0.2) is 5.82 Å². The van der Waals surface area contributed by atoms with Crippen molar-refractivity contribution in [2.45, 2.75) is 27.7 Å². The second-order valence-electron chi connectivity index (χ2n) is 5.09. The molecule has 5 heteroatoms. The van der Waals surface area contributed by atoms with Gasteiger partial charge in [-0.25, -0.2) is 4.98 Å². The molecule has 0 bridgehead atoms. The molecule has 0 aromatic carbocycles. The molecule has 0 saturated heterocycles. The standard InChI is InChI=1S/C13H22ClN3O/c1-8(2)10(9(3)4)6-15-12-11(14)7-16-13(17-12)18-5/h7-10H,6H2,1-5H3,(H,15,16,17). The number of ether oxygens (including phenoxy) is 1. The predicted octanol–water partition coefficient (Wildman–Crippen LogP) is 3.48. The minimum Gasteiger partial charge on any atom is -0.467 e. The minimum atomic E-state index is 0.326. The van der Waals surface area contributed by atoms with Gasteiger partial charge in [-0.3, -0.25) is 0 Å². The summed E-state index contributed by atoms with van der Waals surface area (Å²) in [6.45, 7) is 9.77. The molecule has 0 saturated carbocycles. The van der Waals surface area contributed by atoms with Crippen LogP contribution in [0.3, 0.4) is 0 Å². The van der Waals surface area contributed by atoms with Gasteiger partial charge in [-0.1, -0.05) is 39.3 Å². The van der Waals surface area contributed by atoms with Gasteiger partial charge >= 0.3 is 6.01 Å². The molecule has 1 N–H and O–H groups in total. The first-order valence-electron chi connectivity index (χ1n) is 6.26. The molecule has 18 heavy (non-hydrogen) atoms. The Morgan fingerprint density at radius 1 is 1.28 bits per heavy atom. The summed E-state index contributed by atoms with van der Waals surface area (Å²) in [4.78, 5) is 8.15. The first-order chi connectivity index (χ1) is 8.45. The third-order valence-corrected chi connectivity index (χ3v) is 3.40. The number of hydrogen-bond donors (Lipinski definition) is 1. The van der Waals surface area contributed by atoms with E-state index in [1.165, 1.54) is 7.11 Å². The van der Waals surface area contributed by atoms with E-state index >= 15 is 0 Å². The van der Waals surface area contributed by atoms with Crippen LogP contribution in [0.25, 0.3) is 0 Å². The van der Waals surface area contributed by atoms with Crippen molar-refractivity contribution in [2.75, 3.05) is 19.0 Å². The van der Waals surface area contributed by atoms with Crippen LogP contribution in [0, 0.1) is 17.8 Å². The molecule has 1 aromatic heterocycles. The van der Waals surface area contributed by atoms with Crippen molar-refractivity contribution in [2.24, 2.45) is 17.8 Å². The van der Waals surface area contributed by atoms with Gasteiger partial charge in [-0.15, -0.1) is 0 Å². The molecule has 0 amide bonds. The Hall–Kier alpha value is -1.03. The van der Waals surface area contributed by atoms with Crippen LogP contribution in [0.15, 0.2) is 6.20 Å². The number of rotatable bonds is 6. The summed E-state index contributed by atoms with van der Waals surface area (Å²) in [7, 11) is 1.54. The average Bonchev–Trinajstić information content (AvgIpc) is 2.30. The number of anilines is 1. The Morgan fingerprint density at radius 3 is 2.39 bits per heavy atom. The largest absolute Gasteiger partial charge is 0.467 e. The number of nitrogens with zero attached hydrogens (tertiary/aromatic N) is 2. The lowest BCUT2D eigenvalue weighted by Crippen LogP contribution is -2.25. The fourth-order valence-corrected chi connectivity index (χ4v) is 2.19. The van der Waals surface area contributed by atoms with Crippen molar-refractivity contribution in [1.82, 2.24) is 9.97 Å². The first-order valence-corrected chi connectivity index (χ1v) is 6.63. The Balaban J connectivity index is 2.72. The van der Waals surface area contributed by atoms with E-state index in [4.69, 9.17) is 16.3 Å². The molecule has 0 aliphatic heterocycles. The number of nitrogens with one attached hydrogen (secondary N) is 1. The number of methoxy groups -OCH3 is 1. The molecule has 0 atom stereocenters. The molecule has 0 radical (unpaired) electrons. The van der Waals surface area contributed by atoms with Gasteiger partial charge in [0.1, 0.15) is 5.02 Å². The molecule has 102 valence electrons. The lowest BCUT2D eigenvalue weighted by Gasteiger charge is -2.25. The third kappa shape index (κ3) is 4.02. The van der Waals surface area contributed by atoms with Gasteiger partial charge in [-0.2, -0.15) is 4.98 Å². The van der Waals surface area contributed by atoms with Crippen molar-refractivity contribution in [3.63, 3.8) is 0 Å². The molecule has 0 unspecified atom stereocenters. The van der Waals surface area contributed by atoms with Crippen LogP contribution < -0.4 is 10.1 Å². The molecule has 1 rings (SSSR count). The van der Waals surface area contributed by atoms with E-state index in [1.807, 2.05) is 0 Å². The van der Waals surface area contributed by atoms with Crippen molar-refractivity contribution in [1.29, 1.82) is 0 Å². The van der Waals surface area contributed by atoms with Crippen molar-refractivity contribution in [3.05, 3.63) is 11.2 Å². The van der Waals surface area contributed by atoms with E-state index in [0.29, 0.717) is 34.6 Å². The first kappa shape index (κ1) is 15.0. The summed E-state index contributed by atoms with van der Waals surface area (Å²) < 4.78 is 4.99. The molecule has 4 nitrogen and oxygen atoms in total. The zero-order valence-corrected chi connectivity index (χ0v) is 12.5. The van der Waals surface area contributed by atoms with Gasteiger partial charge in [0, 0.05) is 6.54 Å². The number of halogens is 1. The van der Waals surface area contributed by atoms with Crippen LogP contribution in [0.4, 0.5) is 5.82 Å². The lowest BCUT2D eigenvalue weighted by atomic mass is 9.85. The summed E-state index contributed by atoms with van der Waals surface area (Å²) in [5, 5.41) is 3.80. The summed E-state index contributed by atoms with van der Waals surface area (Å²) in [5.74, 6) is 2.43. The number of hydrogen-bond acceptors (Lipinski definition) is 4. The quantitative estimate of drug-likeness (QED) is 0.860. The van der Waals surface area contributed by atoms with Crippen LogP contribution in [0.5, 0.6) is 6.01 Å². The molecule has 0 fully saturated rings. The second kappa shape index (κ2) is 6.78. The van der Waals surface area contributed by atoms with Crippen LogP contribution in [0.2, 0.25) is 5.02 Å². The molecule has 0 spiro atoms. The van der Waals surface area contributed by atoms with Gasteiger partial charge in [0.2, 0.25) is 0 Å². The molecule has 1 aromatic rings. The maximum atomic E-state index is 6.05. The van der Waals surface area contributed by atoms with Crippen molar-refractivity contribution < 1.29 is 4.74 Å². The summed E-state index contributed by atoms with van der Waals surface area (Å²) in [6.07, 6.45) is 1.55. The summed E-state index contributed by atoms with van der Waals surface area (Å²) in [5.41, 5.74) is 0. The van der Waals surface area contributed by atoms with Crippen molar-refractivity contribution >= 4 is 17.4 Å². The highest BCUT2D eigenvalue weighted by Gasteiger charge is 2.18. The van der Waals surface area contributed by atoms with Gasteiger partial charge in [-0.05, 0) is 17.8 Å². The SMILES string of the molecule is COc1ncc(Cl)c(NCC(C(C)C)C(C)C)n1. The Bertz CT molecular complexity index is 374. The highest BCUT2D eigenvalue weighted by atomic mass is 35.5. The number of aromatic nitrogens is 2. The van der Waals surface area contributed by atoms with E-state index in [2.05, 4.69) is 43.0 Å². The summed E-state index contributed by atoms with van der Waals surface area (Å²) in [6, 6.07) is 0.326. The van der Waals surface area contributed by atoms with Gasteiger partial charge < -0.3 is 10.1 Å². The fourth-order valence-electron chi connectivity index (χ4n) is 2.03. The van der Waals surface area contributed by atoms with E-state index in [0.717, 1.165) is 6.54 Å². The smallest absolute Gasteiger partial charge is 0.318 e. The van der Waals surface area contributed by atoms with Crippen LogP contribution in [0.1, 0.15) is 27.7 Å². The second-order valence-corrected chi connectivity index (χ2v) is 5.49. The van der Waals surface area contributed by atoms with E-state index in [1.54, 1.807) is 6.20 Å². The lowest BCUT2D eigenvalue weighted by molar-refractivity contribution is 0.304. The minimum absolute atomic E-state index is 0.326. The van der Waals surface area contributed by atoms with Crippen LogP contribution in [-0.2, 0) is 0 Å². The highest BCUT2D eigenvalue weighted by Crippen LogP contribution is 2.24. The molecular weight excluding hydrogens is 250 g/mol. The van der Waals surface area contributed by atoms with E-state index in [-0.39, 0.29) is 0 Å². The van der Waals surface area contributed by atoms with Gasteiger partial charge in [0.05, 0.1) is 13.3 Å². The molecule has 0 aliphatic rings. The normalized spacial score (nSPS) is 11.4. The zero-order valence-electron chi connectivity index (χ0n) is 11.7. The molecule has 1 heterocycles. The summed E-state index contributed by atoms with van der Waals surface area (Å²) >= 11 is 6.05. The third-order valence-electron chi connectivity index (χ3n) is 3.12. The topological polar surface area (TPSA) is 47.0 Å². The molecule has 0 aliphatic carbocycles. The van der Waals surface area contributed by atoms with Crippen LogP contribution >= 0.6 is 11.6 Å². The monoisotopic (exact) mass is 271 g/mol. The van der Waals surface area contributed by atoms with E-state index in [9.17, 15) is 0 Å².